The van der Waals surface area contributed by atoms with Gasteiger partial charge in [-0.25, -0.2) is 18.4 Å². The fourth-order valence-electron chi connectivity index (χ4n) is 3.72. The molecule has 34 heavy (non-hydrogen) atoms. The molecule has 0 atom stereocenters. The van der Waals surface area contributed by atoms with Crippen LogP contribution in [0.2, 0.25) is 0 Å². The fourth-order valence-corrected chi connectivity index (χ4v) is 3.72. The molecule has 5 rings (SSSR count). The Morgan fingerprint density at radius 3 is 2.53 bits per heavy atom. The minimum atomic E-state index is -0.728. The molecule has 0 aliphatic carbocycles. The molecule has 0 spiro atoms. The third-order valence-electron chi connectivity index (χ3n) is 5.36. The van der Waals surface area contributed by atoms with E-state index >= 15 is 0 Å². The second kappa shape index (κ2) is 8.47. The Hall–Kier alpha value is -4.46. The summed E-state index contributed by atoms with van der Waals surface area (Å²) < 4.78 is 48.6. The standard InChI is InChI=1S/C26H16F2O6/c1-31-22-4-2-3-14-9-20(26(30)34-25(14)22)19-12-24(29)33-23-11-17(7-8-18(19)23)32-13-15-5-6-16(27)10-21(15)28/h2-12H,13H2,1H3. The van der Waals surface area contributed by atoms with Crippen molar-refractivity contribution in [3.05, 3.63) is 105 Å². The zero-order valence-corrected chi connectivity index (χ0v) is 17.8. The van der Waals surface area contributed by atoms with Gasteiger partial charge in [0.05, 0.1) is 12.7 Å². The summed E-state index contributed by atoms with van der Waals surface area (Å²) in [5, 5.41) is 1.10. The van der Waals surface area contributed by atoms with Crippen LogP contribution in [0.5, 0.6) is 11.5 Å². The van der Waals surface area contributed by atoms with Crippen LogP contribution in [-0.4, -0.2) is 7.11 Å². The van der Waals surface area contributed by atoms with Crippen LogP contribution in [0.1, 0.15) is 5.56 Å². The minimum Gasteiger partial charge on any atom is -0.493 e. The lowest BCUT2D eigenvalue weighted by atomic mass is 10.0. The van der Waals surface area contributed by atoms with Crippen LogP contribution in [0, 0.1) is 11.6 Å². The maximum absolute atomic E-state index is 13.9. The molecule has 8 heteroatoms. The lowest BCUT2D eigenvalue weighted by Gasteiger charge is -2.10. The van der Waals surface area contributed by atoms with Crippen LogP contribution in [0.3, 0.4) is 0 Å². The number of benzene rings is 3. The normalized spacial score (nSPS) is 11.1. The molecule has 0 radical (unpaired) electrons. The summed E-state index contributed by atoms with van der Waals surface area (Å²) in [6, 6.07) is 15.9. The number of fused-ring (bicyclic) bond motifs is 2. The van der Waals surface area contributed by atoms with Gasteiger partial charge in [-0.1, -0.05) is 12.1 Å². The highest BCUT2D eigenvalue weighted by Gasteiger charge is 2.16. The van der Waals surface area contributed by atoms with Gasteiger partial charge in [0.25, 0.3) is 0 Å². The Morgan fingerprint density at radius 1 is 0.882 bits per heavy atom. The zero-order chi connectivity index (χ0) is 23.8. The van der Waals surface area contributed by atoms with Crippen molar-refractivity contribution < 1.29 is 27.1 Å². The SMILES string of the molecule is COc1cccc2cc(-c3cc(=O)oc4cc(OCc5ccc(F)cc5F)ccc34)c(=O)oc12. The van der Waals surface area contributed by atoms with Gasteiger partial charge in [0, 0.05) is 40.1 Å². The molecule has 0 aliphatic rings. The third kappa shape index (κ3) is 3.90. The van der Waals surface area contributed by atoms with Crippen LogP contribution in [0.4, 0.5) is 8.78 Å². The highest BCUT2D eigenvalue weighted by molar-refractivity contribution is 5.96. The van der Waals surface area contributed by atoms with E-state index in [2.05, 4.69) is 0 Å². The lowest BCUT2D eigenvalue weighted by molar-refractivity contribution is 0.299. The van der Waals surface area contributed by atoms with Crippen LogP contribution in [0.25, 0.3) is 33.1 Å². The van der Waals surface area contributed by atoms with Gasteiger partial charge in [0.2, 0.25) is 0 Å². The summed E-state index contributed by atoms with van der Waals surface area (Å²) in [6.07, 6.45) is 0. The van der Waals surface area contributed by atoms with Crippen LogP contribution in [-0.2, 0) is 6.61 Å². The van der Waals surface area contributed by atoms with E-state index in [0.717, 1.165) is 12.1 Å². The highest BCUT2D eigenvalue weighted by Crippen LogP contribution is 2.32. The van der Waals surface area contributed by atoms with Gasteiger partial charge in [-0.05, 0) is 36.4 Å². The van der Waals surface area contributed by atoms with Gasteiger partial charge in [0.15, 0.2) is 11.3 Å². The molecule has 2 heterocycles. The first-order chi connectivity index (χ1) is 16.4. The lowest BCUT2D eigenvalue weighted by Crippen LogP contribution is -2.07. The molecular weight excluding hydrogens is 446 g/mol. The topological polar surface area (TPSA) is 78.9 Å². The molecule has 0 unspecified atom stereocenters. The summed E-state index contributed by atoms with van der Waals surface area (Å²) >= 11 is 0. The smallest absolute Gasteiger partial charge is 0.344 e. The average Bonchev–Trinajstić information content (AvgIpc) is 2.82. The summed E-state index contributed by atoms with van der Waals surface area (Å²) in [5.74, 6) is -0.697. The Balaban J connectivity index is 1.56. The van der Waals surface area contributed by atoms with Crippen molar-refractivity contribution in [2.24, 2.45) is 0 Å². The van der Waals surface area contributed by atoms with Crippen molar-refractivity contribution in [3.8, 4) is 22.6 Å². The molecule has 3 aromatic carbocycles. The summed E-state index contributed by atoms with van der Waals surface area (Å²) in [5.41, 5.74) is -0.160. The Morgan fingerprint density at radius 2 is 1.74 bits per heavy atom. The van der Waals surface area contributed by atoms with Gasteiger partial charge in [-0.2, -0.15) is 0 Å². The fraction of sp³-hybridized carbons (Fsp3) is 0.0769. The molecule has 6 nitrogen and oxygen atoms in total. The summed E-state index contributed by atoms with van der Waals surface area (Å²) in [6.45, 7) is -0.155. The maximum atomic E-state index is 13.9. The first kappa shape index (κ1) is 21.4. The predicted molar refractivity (Wildman–Crippen MR) is 121 cm³/mol. The molecular formula is C26H16F2O6. The Bertz CT molecular complexity index is 1670. The number of para-hydroxylation sites is 1. The van der Waals surface area contributed by atoms with Crippen molar-refractivity contribution in [2.45, 2.75) is 6.61 Å². The monoisotopic (exact) mass is 462 g/mol. The van der Waals surface area contributed by atoms with E-state index in [0.29, 0.717) is 33.4 Å². The molecule has 2 aromatic heterocycles. The molecule has 0 aliphatic heterocycles. The molecule has 0 bridgehead atoms. The van der Waals surface area contributed by atoms with Crippen molar-refractivity contribution in [2.75, 3.05) is 7.11 Å². The third-order valence-corrected chi connectivity index (χ3v) is 5.36. The largest absolute Gasteiger partial charge is 0.493 e. The van der Waals surface area contributed by atoms with E-state index in [1.807, 2.05) is 0 Å². The van der Waals surface area contributed by atoms with Crippen LogP contribution < -0.4 is 20.7 Å². The molecule has 170 valence electrons. The molecule has 0 N–H and O–H groups in total. The number of hydrogen-bond donors (Lipinski definition) is 0. The second-order valence-corrected chi connectivity index (χ2v) is 7.49. The van der Waals surface area contributed by atoms with Crippen LogP contribution in [0.15, 0.2) is 85.2 Å². The maximum Gasteiger partial charge on any atom is 0.344 e. The summed E-state index contributed by atoms with van der Waals surface area (Å²) in [4.78, 5) is 25.1. The van der Waals surface area contributed by atoms with Crippen molar-refractivity contribution in [1.82, 2.24) is 0 Å². The van der Waals surface area contributed by atoms with E-state index < -0.39 is 22.9 Å². The zero-order valence-electron chi connectivity index (χ0n) is 17.8. The Kier molecular flexibility index (Phi) is 5.33. The van der Waals surface area contributed by atoms with Gasteiger partial charge in [-0.15, -0.1) is 0 Å². The van der Waals surface area contributed by atoms with Gasteiger partial charge < -0.3 is 18.3 Å². The average molecular weight is 462 g/mol. The molecule has 0 saturated carbocycles. The quantitative estimate of drug-likeness (QED) is 0.324. The number of methoxy groups -OCH3 is 1. The first-order valence-electron chi connectivity index (χ1n) is 10.2. The van der Waals surface area contributed by atoms with E-state index in [-0.39, 0.29) is 23.3 Å². The van der Waals surface area contributed by atoms with E-state index in [4.69, 9.17) is 18.3 Å². The number of rotatable bonds is 5. The molecule has 0 fully saturated rings. The molecule has 5 aromatic rings. The van der Waals surface area contributed by atoms with E-state index in [1.165, 1.54) is 25.3 Å². The number of halogens is 2. The molecule has 0 amide bonds. The number of ether oxygens (including phenoxy) is 2. The van der Waals surface area contributed by atoms with Crippen molar-refractivity contribution in [1.29, 1.82) is 0 Å². The number of hydrogen-bond acceptors (Lipinski definition) is 6. The van der Waals surface area contributed by atoms with Gasteiger partial charge in [-0.3, -0.25) is 0 Å². The van der Waals surface area contributed by atoms with E-state index in [1.54, 1.807) is 36.4 Å². The van der Waals surface area contributed by atoms with Gasteiger partial charge in [0.1, 0.15) is 29.6 Å². The van der Waals surface area contributed by atoms with Crippen LogP contribution >= 0.6 is 0 Å². The minimum absolute atomic E-state index is 0.155. The van der Waals surface area contributed by atoms with Gasteiger partial charge >= 0.3 is 11.3 Å². The molecule has 0 saturated heterocycles. The second-order valence-electron chi connectivity index (χ2n) is 7.49. The Labute approximate surface area is 190 Å². The predicted octanol–water partition coefficient (Wildman–Crippen LogP) is 5.43. The highest BCUT2D eigenvalue weighted by atomic mass is 19.1. The first-order valence-corrected chi connectivity index (χ1v) is 10.2. The van der Waals surface area contributed by atoms with Crippen molar-refractivity contribution >= 4 is 21.9 Å². The van der Waals surface area contributed by atoms with Crippen molar-refractivity contribution in [3.63, 3.8) is 0 Å². The summed E-state index contributed by atoms with van der Waals surface area (Å²) in [7, 11) is 1.47. The van der Waals surface area contributed by atoms with E-state index in [9.17, 15) is 18.4 Å².